The van der Waals surface area contributed by atoms with Crippen LogP contribution in [-0.2, 0) is 6.18 Å². The normalized spacial score (nSPS) is 12.5. The molecule has 6 nitrogen and oxygen atoms in total. The number of hydrogen-bond donors (Lipinski definition) is 2. The number of fused-ring (bicyclic) bond motifs is 1. The van der Waals surface area contributed by atoms with E-state index in [0.717, 1.165) is 12.1 Å². The highest BCUT2D eigenvalue weighted by molar-refractivity contribution is 6.29. The predicted molar refractivity (Wildman–Crippen MR) is 126 cm³/mol. The van der Waals surface area contributed by atoms with Crippen LogP contribution in [0.3, 0.4) is 0 Å². The van der Waals surface area contributed by atoms with Crippen LogP contribution in [-0.4, -0.2) is 16.1 Å². The Morgan fingerprint density at radius 3 is 2.46 bits per heavy atom. The van der Waals surface area contributed by atoms with E-state index in [1.165, 1.54) is 26.0 Å². The first-order valence-corrected chi connectivity index (χ1v) is 10.8. The van der Waals surface area contributed by atoms with Crippen molar-refractivity contribution in [2.45, 2.75) is 26.1 Å². The van der Waals surface area contributed by atoms with Crippen molar-refractivity contribution in [1.82, 2.24) is 4.98 Å². The SMILES string of the molecule is Cc1c(-c2ccccc2)oc2c([C@@H](C)Nc3ccc(Cl)nc3C(=O)O)cc(C(F)(F)F)cc2c1=O. The molecule has 4 rings (SSSR count). The molecule has 2 N–H and O–H groups in total. The molecule has 0 saturated heterocycles. The molecular weight excluding hydrogens is 485 g/mol. The number of nitrogens with zero attached hydrogens (tertiary/aromatic N) is 1. The maximum atomic E-state index is 13.7. The number of aromatic carboxylic acids is 1. The molecular formula is C25H18ClF3N2O4. The van der Waals surface area contributed by atoms with E-state index >= 15 is 0 Å². The Morgan fingerprint density at radius 2 is 1.83 bits per heavy atom. The number of carbonyl (C=O) groups is 1. The summed E-state index contributed by atoms with van der Waals surface area (Å²) in [4.78, 5) is 28.5. The van der Waals surface area contributed by atoms with Gasteiger partial charge in [0, 0.05) is 16.7 Å². The Labute approximate surface area is 202 Å². The largest absolute Gasteiger partial charge is 0.476 e. The second-order valence-corrected chi connectivity index (χ2v) is 8.28. The van der Waals surface area contributed by atoms with Crippen molar-refractivity contribution in [3.63, 3.8) is 0 Å². The first-order chi connectivity index (χ1) is 16.5. The van der Waals surface area contributed by atoms with Gasteiger partial charge in [-0.05, 0) is 38.1 Å². The summed E-state index contributed by atoms with van der Waals surface area (Å²) in [5.41, 5.74) is -1.23. The molecule has 0 amide bonds. The van der Waals surface area contributed by atoms with Crippen LogP contribution in [0.1, 0.15) is 40.1 Å². The van der Waals surface area contributed by atoms with Crippen LogP contribution in [0.2, 0.25) is 5.15 Å². The molecule has 0 aliphatic heterocycles. The van der Waals surface area contributed by atoms with Crippen molar-refractivity contribution in [3.8, 4) is 11.3 Å². The molecule has 2 heterocycles. The van der Waals surface area contributed by atoms with Gasteiger partial charge in [0.2, 0.25) is 0 Å². The van der Waals surface area contributed by atoms with Gasteiger partial charge in [-0.15, -0.1) is 0 Å². The van der Waals surface area contributed by atoms with Gasteiger partial charge < -0.3 is 14.8 Å². The van der Waals surface area contributed by atoms with E-state index in [4.69, 9.17) is 16.0 Å². The Hall–Kier alpha value is -3.85. The lowest BCUT2D eigenvalue weighted by atomic mass is 9.98. The van der Waals surface area contributed by atoms with Crippen LogP contribution < -0.4 is 10.7 Å². The van der Waals surface area contributed by atoms with Crippen LogP contribution in [0.15, 0.2) is 63.8 Å². The smallest absolute Gasteiger partial charge is 0.416 e. The fourth-order valence-corrected chi connectivity index (χ4v) is 3.94. The van der Waals surface area contributed by atoms with Crippen molar-refractivity contribution in [1.29, 1.82) is 0 Å². The van der Waals surface area contributed by atoms with E-state index in [2.05, 4.69) is 10.3 Å². The number of halogens is 4. The number of rotatable bonds is 5. The minimum atomic E-state index is -4.73. The molecule has 0 unspecified atom stereocenters. The van der Waals surface area contributed by atoms with E-state index in [0.29, 0.717) is 5.56 Å². The molecule has 2 aromatic carbocycles. The van der Waals surface area contributed by atoms with Gasteiger partial charge in [-0.3, -0.25) is 4.79 Å². The second kappa shape index (κ2) is 9.07. The highest BCUT2D eigenvalue weighted by Crippen LogP contribution is 2.37. The lowest BCUT2D eigenvalue weighted by Gasteiger charge is -2.20. The Morgan fingerprint density at radius 1 is 1.14 bits per heavy atom. The molecule has 2 aromatic heterocycles. The van der Waals surface area contributed by atoms with Gasteiger partial charge in [0.1, 0.15) is 16.5 Å². The maximum Gasteiger partial charge on any atom is 0.416 e. The second-order valence-electron chi connectivity index (χ2n) is 7.89. The molecule has 35 heavy (non-hydrogen) atoms. The summed E-state index contributed by atoms with van der Waals surface area (Å²) in [6.07, 6.45) is -4.73. The zero-order valence-electron chi connectivity index (χ0n) is 18.4. The van der Waals surface area contributed by atoms with Crippen molar-refractivity contribution in [2.75, 3.05) is 5.32 Å². The maximum absolute atomic E-state index is 13.7. The first-order valence-electron chi connectivity index (χ1n) is 10.4. The number of alkyl halides is 3. The van der Waals surface area contributed by atoms with E-state index < -0.39 is 34.9 Å². The molecule has 0 fully saturated rings. The molecule has 10 heteroatoms. The molecule has 0 aliphatic rings. The minimum Gasteiger partial charge on any atom is -0.476 e. The number of carboxylic acid groups (broad SMARTS) is 1. The lowest BCUT2D eigenvalue weighted by Crippen LogP contribution is -2.16. The van der Waals surface area contributed by atoms with E-state index in [-0.39, 0.29) is 38.7 Å². The summed E-state index contributed by atoms with van der Waals surface area (Å²) < 4.78 is 47.2. The number of carboxylic acids is 1. The predicted octanol–water partition coefficient (Wildman–Crippen LogP) is 6.71. The molecule has 0 saturated carbocycles. The average molecular weight is 503 g/mol. The van der Waals surface area contributed by atoms with Gasteiger partial charge >= 0.3 is 12.1 Å². The van der Waals surface area contributed by atoms with Crippen LogP contribution in [0.4, 0.5) is 18.9 Å². The third-order valence-corrected chi connectivity index (χ3v) is 5.72. The monoisotopic (exact) mass is 502 g/mol. The molecule has 1 atom stereocenters. The van der Waals surface area contributed by atoms with Gasteiger partial charge in [-0.2, -0.15) is 13.2 Å². The van der Waals surface area contributed by atoms with Crippen molar-refractivity contribution < 1.29 is 27.5 Å². The third kappa shape index (κ3) is 4.72. The lowest BCUT2D eigenvalue weighted by molar-refractivity contribution is -0.137. The highest BCUT2D eigenvalue weighted by Gasteiger charge is 2.33. The number of anilines is 1. The van der Waals surface area contributed by atoms with Crippen LogP contribution >= 0.6 is 11.6 Å². The van der Waals surface area contributed by atoms with Gasteiger partial charge in [-0.25, -0.2) is 9.78 Å². The van der Waals surface area contributed by atoms with Crippen LogP contribution in [0, 0.1) is 6.92 Å². The standard InChI is InChI=1S/C25H18ClF3N2O4/c1-12-21(32)17-11-15(25(27,28)29)10-16(23(17)35-22(12)14-6-4-3-5-7-14)13(2)30-18-8-9-19(26)31-20(18)24(33)34/h3-11,13,30H,1-2H3,(H,33,34)/t13-/m1/s1. The van der Waals surface area contributed by atoms with E-state index in [1.807, 2.05) is 0 Å². The molecule has 0 bridgehead atoms. The molecule has 180 valence electrons. The zero-order chi connectivity index (χ0) is 25.5. The summed E-state index contributed by atoms with van der Waals surface area (Å²) >= 11 is 5.79. The summed E-state index contributed by atoms with van der Waals surface area (Å²) in [6, 6.07) is 12.2. The zero-order valence-corrected chi connectivity index (χ0v) is 19.2. The van der Waals surface area contributed by atoms with Gasteiger partial charge in [0.25, 0.3) is 0 Å². The summed E-state index contributed by atoms with van der Waals surface area (Å²) in [5, 5.41) is 12.0. The van der Waals surface area contributed by atoms with Gasteiger partial charge in [0.15, 0.2) is 11.1 Å². The number of aromatic nitrogens is 1. The third-order valence-electron chi connectivity index (χ3n) is 5.51. The summed E-state index contributed by atoms with van der Waals surface area (Å²) in [7, 11) is 0. The van der Waals surface area contributed by atoms with Gasteiger partial charge in [-0.1, -0.05) is 41.9 Å². The fourth-order valence-electron chi connectivity index (χ4n) is 3.79. The van der Waals surface area contributed by atoms with Crippen LogP contribution in [0.25, 0.3) is 22.3 Å². The van der Waals surface area contributed by atoms with Crippen molar-refractivity contribution >= 4 is 34.2 Å². The first kappa shape index (κ1) is 24.3. The highest BCUT2D eigenvalue weighted by atomic mass is 35.5. The van der Waals surface area contributed by atoms with E-state index in [1.54, 1.807) is 30.3 Å². The molecule has 0 radical (unpaired) electrons. The number of benzene rings is 2. The quantitative estimate of drug-likeness (QED) is 0.295. The number of nitrogens with one attached hydrogen (secondary N) is 1. The molecule has 4 aromatic rings. The topological polar surface area (TPSA) is 92.4 Å². The van der Waals surface area contributed by atoms with Crippen LogP contribution in [0.5, 0.6) is 0 Å². The number of hydrogen-bond acceptors (Lipinski definition) is 5. The van der Waals surface area contributed by atoms with Gasteiger partial charge in [0.05, 0.1) is 22.7 Å². The molecule has 0 spiro atoms. The number of pyridine rings is 1. The molecule has 0 aliphatic carbocycles. The van der Waals surface area contributed by atoms with Crippen molar-refractivity contribution in [3.05, 3.63) is 92.4 Å². The fraction of sp³-hybridized carbons (Fsp3) is 0.160. The Bertz CT molecular complexity index is 1500. The summed E-state index contributed by atoms with van der Waals surface area (Å²) in [5.74, 6) is -1.14. The Kier molecular flexibility index (Phi) is 6.29. The van der Waals surface area contributed by atoms with E-state index in [9.17, 15) is 27.9 Å². The van der Waals surface area contributed by atoms with Crippen molar-refractivity contribution in [2.24, 2.45) is 0 Å². The minimum absolute atomic E-state index is 0.0235. The Balaban J connectivity index is 1.96. The average Bonchev–Trinajstić information content (AvgIpc) is 2.81. The summed E-state index contributed by atoms with van der Waals surface area (Å²) in [6.45, 7) is 3.02.